The molecule has 18 heavy (non-hydrogen) atoms. The molecule has 0 atom stereocenters. The number of ketones is 1. The molecule has 0 radical (unpaired) electrons. The number of nitrogens with zero attached hydrogens (tertiary/aromatic N) is 2. The smallest absolute Gasteiger partial charge is 0.182 e. The van der Waals surface area contributed by atoms with Crippen LogP contribution in [-0.4, -0.2) is 15.3 Å². The second kappa shape index (κ2) is 5.36. The van der Waals surface area contributed by atoms with E-state index in [4.69, 9.17) is 11.6 Å². The minimum atomic E-state index is 0.0393. The Balaban J connectivity index is 2.19. The summed E-state index contributed by atoms with van der Waals surface area (Å²) >= 11 is 5.88. The Morgan fingerprint density at radius 3 is 2.89 bits per heavy atom. The zero-order chi connectivity index (χ0) is 13.1. The molecule has 1 aromatic heterocycles. The van der Waals surface area contributed by atoms with E-state index in [0.717, 1.165) is 5.82 Å². The van der Waals surface area contributed by atoms with Gasteiger partial charge in [0.25, 0.3) is 0 Å². The SMILES string of the molecule is CC(C)c1nccn1CC(=O)c1cccc(Cl)c1. The van der Waals surface area contributed by atoms with Crippen LogP contribution in [0.15, 0.2) is 36.7 Å². The molecule has 4 heteroatoms. The Morgan fingerprint density at radius 1 is 1.44 bits per heavy atom. The van der Waals surface area contributed by atoms with Crippen LogP contribution in [0.1, 0.15) is 35.9 Å². The van der Waals surface area contributed by atoms with Gasteiger partial charge >= 0.3 is 0 Å². The maximum absolute atomic E-state index is 12.1. The molecule has 0 N–H and O–H groups in total. The molecule has 0 unspecified atom stereocenters. The van der Waals surface area contributed by atoms with E-state index in [-0.39, 0.29) is 5.78 Å². The molecule has 0 spiro atoms. The topological polar surface area (TPSA) is 34.9 Å². The number of Topliss-reactive ketones (excluding diaryl/α,β-unsaturated/α-hetero) is 1. The van der Waals surface area contributed by atoms with Crippen LogP contribution in [0.3, 0.4) is 0 Å². The van der Waals surface area contributed by atoms with Crippen molar-refractivity contribution in [2.24, 2.45) is 0 Å². The van der Waals surface area contributed by atoms with Gasteiger partial charge in [-0.25, -0.2) is 4.98 Å². The zero-order valence-corrected chi connectivity index (χ0v) is 11.2. The van der Waals surface area contributed by atoms with Gasteiger partial charge in [0.1, 0.15) is 5.82 Å². The third kappa shape index (κ3) is 2.79. The molecule has 2 rings (SSSR count). The number of hydrogen-bond acceptors (Lipinski definition) is 2. The first-order chi connectivity index (χ1) is 8.58. The van der Waals surface area contributed by atoms with Crippen molar-refractivity contribution < 1.29 is 4.79 Å². The van der Waals surface area contributed by atoms with Gasteiger partial charge in [0, 0.05) is 28.9 Å². The predicted octanol–water partition coefficient (Wildman–Crippen LogP) is 3.54. The van der Waals surface area contributed by atoms with E-state index >= 15 is 0 Å². The van der Waals surface area contributed by atoms with E-state index in [1.807, 2.05) is 10.8 Å². The highest BCUT2D eigenvalue weighted by molar-refractivity contribution is 6.31. The second-order valence-corrected chi connectivity index (χ2v) is 4.94. The van der Waals surface area contributed by atoms with Gasteiger partial charge in [-0.3, -0.25) is 4.79 Å². The highest BCUT2D eigenvalue weighted by atomic mass is 35.5. The van der Waals surface area contributed by atoms with Gasteiger partial charge in [-0.15, -0.1) is 0 Å². The summed E-state index contributed by atoms with van der Waals surface area (Å²) in [7, 11) is 0. The standard InChI is InChI=1S/C14H15ClN2O/c1-10(2)14-16-6-7-17(14)9-13(18)11-4-3-5-12(15)8-11/h3-8,10H,9H2,1-2H3. The van der Waals surface area contributed by atoms with Crippen molar-refractivity contribution in [3.63, 3.8) is 0 Å². The quantitative estimate of drug-likeness (QED) is 0.790. The summed E-state index contributed by atoms with van der Waals surface area (Å²) in [5.74, 6) is 1.26. The lowest BCUT2D eigenvalue weighted by atomic mass is 10.1. The van der Waals surface area contributed by atoms with Crippen molar-refractivity contribution >= 4 is 17.4 Å². The fourth-order valence-corrected chi connectivity index (χ4v) is 2.05. The van der Waals surface area contributed by atoms with Gasteiger partial charge in [-0.2, -0.15) is 0 Å². The third-order valence-electron chi connectivity index (χ3n) is 2.72. The molecule has 94 valence electrons. The van der Waals surface area contributed by atoms with Crippen molar-refractivity contribution in [3.05, 3.63) is 53.1 Å². The fraction of sp³-hybridized carbons (Fsp3) is 0.286. The van der Waals surface area contributed by atoms with E-state index in [1.54, 1.807) is 30.5 Å². The number of hydrogen-bond donors (Lipinski definition) is 0. The first-order valence-corrected chi connectivity index (χ1v) is 6.25. The van der Waals surface area contributed by atoms with Gasteiger partial charge in [0.15, 0.2) is 5.78 Å². The van der Waals surface area contributed by atoms with Crippen LogP contribution in [0.2, 0.25) is 5.02 Å². The first-order valence-electron chi connectivity index (χ1n) is 5.87. The number of aromatic nitrogens is 2. The first kappa shape index (κ1) is 12.8. The minimum absolute atomic E-state index is 0.0393. The summed E-state index contributed by atoms with van der Waals surface area (Å²) in [5.41, 5.74) is 0.630. The van der Waals surface area contributed by atoms with Crippen molar-refractivity contribution in [2.75, 3.05) is 0 Å². The molecular weight excluding hydrogens is 248 g/mol. The molecule has 3 nitrogen and oxygen atoms in total. The molecule has 0 saturated carbocycles. The summed E-state index contributed by atoms with van der Waals surface area (Å²) in [4.78, 5) is 16.4. The maximum Gasteiger partial charge on any atom is 0.182 e. The maximum atomic E-state index is 12.1. The number of carbonyl (C=O) groups excluding carboxylic acids is 1. The van der Waals surface area contributed by atoms with Crippen LogP contribution in [0.5, 0.6) is 0 Å². The Kier molecular flexibility index (Phi) is 3.82. The van der Waals surface area contributed by atoms with E-state index in [1.165, 1.54) is 0 Å². The number of carbonyl (C=O) groups is 1. The second-order valence-electron chi connectivity index (χ2n) is 4.50. The minimum Gasteiger partial charge on any atom is -0.327 e. The van der Waals surface area contributed by atoms with Crippen LogP contribution >= 0.6 is 11.6 Å². The number of imidazole rings is 1. The molecule has 0 fully saturated rings. The summed E-state index contributed by atoms with van der Waals surface area (Å²) in [6.45, 7) is 4.42. The average molecular weight is 263 g/mol. The van der Waals surface area contributed by atoms with Crippen LogP contribution in [-0.2, 0) is 6.54 Å². The van der Waals surface area contributed by atoms with E-state index in [0.29, 0.717) is 23.0 Å². The van der Waals surface area contributed by atoms with Crippen LogP contribution in [0, 0.1) is 0 Å². The largest absolute Gasteiger partial charge is 0.327 e. The number of benzene rings is 1. The zero-order valence-electron chi connectivity index (χ0n) is 10.4. The van der Waals surface area contributed by atoms with E-state index < -0.39 is 0 Å². The van der Waals surface area contributed by atoms with E-state index in [9.17, 15) is 4.79 Å². The molecule has 1 heterocycles. The fourth-order valence-electron chi connectivity index (χ4n) is 1.86. The average Bonchev–Trinajstić information content (AvgIpc) is 2.77. The van der Waals surface area contributed by atoms with Crippen molar-refractivity contribution in [1.29, 1.82) is 0 Å². The van der Waals surface area contributed by atoms with E-state index in [2.05, 4.69) is 18.8 Å². The van der Waals surface area contributed by atoms with Gasteiger partial charge in [0.05, 0.1) is 6.54 Å². The normalized spacial score (nSPS) is 10.9. The molecular formula is C14H15ClN2O. The number of halogens is 1. The van der Waals surface area contributed by atoms with Crippen LogP contribution < -0.4 is 0 Å². The highest BCUT2D eigenvalue weighted by Gasteiger charge is 2.12. The lowest BCUT2D eigenvalue weighted by Crippen LogP contribution is -2.13. The molecule has 2 aromatic rings. The summed E-state index contributed by atoms with van der Waals surface area (Å²) in [6.07, 6.45) is 3.55. The molecule has 0 bridgehead atoms. The Bertz CT molecular complexity index is 560. The lowest BCUT2D eigenvalue weighted by Gasteiger charge is -2.09. The predicted molar refractivity (Wildman–Crippen MR) is 72.1 cm³/mol. The monoisotopic (exact) mass is 262 g/mol. The Morgan fingerprint density at radius 2 is 2.22 bits per heavy atom. The summed E-state index contributed by atoms with van der Waals surface area (Å²) in [6, 6.07) is 7.01. The highest BCUT2D eigenvalue weighted by Crippen LogP contribution is 2.15. The Labute approximate surface area is 111 Å². The van der Waals surface area contributed by atoms with Crippen molar-refractivity contribution in [1.82, 2.24) is 9.55 Å². The molecule has 0 aliphatic carbocycles. The van der Waals surface area contributed by atoms with Crippen molar-refractivity contribution in [3.8, 4) is 0 Å². The Hall–Kier alpha value is -1.61. The third-order valence-corrected chi connectivity index (χ3v) is 2.96. The van der Waals surface area contributed by atoms with Gasteiger partial charge in [0.2, 0.25) is 0 Å². The summed E-state index contributed by atoms with van der Waals surface area (Å²) < 4.78 is 1.88. The van der Waals surface area contributed by atoms with Crippen LogP contribution in [0.4, 0.5) is 0 Å². The molecule has 0 aliphatic rings. The molecule has 0 amide bonds. The number of rotatable bonds is 4. The van der Waals surface area contributed by atoms with Gasteiger partial charge in [-0.05, 0) is 12.1 Å². The van der Waals surface area contributed by atoms with Crippen molar-refractivity contribution in [2.45, 2.75) is 26.3 Å². The van der Waals surface area contributed by atoms with Gasteiger partial charge in [-0.1, -0.05) is 37.6 Å². The molecule has 0 saturated heterocycles. The molecule has 0 aliphatic heterocycles. The molecule has 1 aromatic carbocycles. The van der Waals surface area contributed by atoms with Crippen LogP contribution in [0.25, 0.3) is 0 Å². The van der Waals surface area contributed by atoms with Gasteiger partial charge < -0.3 is 4.57 Å². The lowest BCUT2D eigenvalue weighted by molar-refractivity contribution is 0.0971. The summed E-state index contributed by atoms with van der Waals surface area (Å²) in [5, 5.41) is 0.579.